The van der Waals surface area contributed by atoms with Crippen LogP contribution in [0.1, 0.15) is 11.1 Å². The second kappa shape index (κ2) is 9.17. The Bertz CT molecular complexity index is 1810. The molecule has 0 spiro atoms. The van der Waals surface area contributed by atoms with Crippen molar-refractivity contribution in [2.45, 2.75) is 35.9 Å². The number of anilines is 2. The van der Waals surface area contributed by atoms with E-state index in [0.29, 0.717) is 22.9 Å². The van der Waals surface area contributed by atoms with E-state index in [1.165, 1.54) is 24.3 Å². The van der Waals surface area contributed by atoms with Crippen LogP contribution in [0.25, 0.3) is 43.1 Å². The molecule has 0 fully saturated rings. The van der Waals surface area contributed by atoms with E-state index >= 15 is 0 Å². The highest BCUT2D eigenvalue weighted by Crippen LogP contribution is 2.54. The van der Waals surface area contributed by atoms with Gasteiger partial charge < -0.3 is 21.7 Å². The Labute approximate surface area is 237 Å². The molecule has 0 bridgehead atoms. The van der Waals surface area contributed by atoms with Gasteiger partial charge in [0.2, 0.25) is 0 Å². The molecule has 234 valence electrons. The van der Waals surface area contributed by atoms with Gasteiger partial charge in [0.1, 0.15) is 0 Å². The average Bonchev–Trinajstić information content (AvgIpc) is 2.87. The smallest absolute Gasteiger partial charge is 0.398 e. The first-order valence-corrected chi connectivity index (χ1v) is 12.1. The summed E-state index contributed by atoms with van der Waals surface area (Å²) in [6.07, 6.45) is -24.8. The number of nitrogens with two attached hydrogens (primary N) is 2. The Morgan fingerprint density at radius 1 is 0.386 bits per heavy atom. The summed E-state index contributed by atoms with van der Waals surface area (Å²) in [5, 5.41) is 20.3. The van der Waals surface area contributed by atoms with Crippen molar-refractivity contribution in [1.82, 2.24) is 0 Å². The Morgan fingerprint density at radius 2 is 0.636 bits per heavy atom. The monoisotopic (exact) mass is 640 g/mol. The van der Waals surface area contributed by atoms with E-state index in [1.807, 2.05) is 0 Å². The minimum absolute atomic E-state index is 0.0954. The van der Waals surface area contributed by atoms with E-state index in [0.717, 1.165) is 24.3 Å². The highest BCUT2D eigenvalue weighted by Gasteiger charge is 2.73. The van der Waals surface area contributed by atoms with Crippen LogP contribution in [0.5, 0.6) is 0 Å². The number of alkyl halides is 12. The fourth-order valence-corrected chi connectivity index (χ4v) is 5.26. The molecule has 6 N–H and O–H groups in total. The van der Waals surface area contributed by atoms with Crippen LogP contribution in [0.15, 0.2) is 60.7 Å². The number of hydrogen-bond donors (Lipinski definition) is 4. The van der Waals surface area contributed by atoms with E-state index in [4.69, 9.17) is 11.5 Å². The van der Waals surface area contributed by atoms with Gasteiger partial charge in [-0.25, -0.2) is 0 Å². The molecule has 5 rings (SSSR count). The van der Waals surface area contributed by atoms with E-state index in [-0.39, 0.29) is 32.3 Å². The third kappa shape index (κ3) is 4.25. The number of rotatable bonds is 2. The van der Waals surface area contributed by atoms with Crippen molar-refractivity contribution in [3.05, 3.63) is 71.8 Å². The molecule has 16 heteroatoms. The van der Waals surface area contributed by atoms with Crippen molar-refractivity contribution >= 4 is 54.5 Å². The summed E-state index contributed by atoms with van der Waals surface area (Å²) >= 11 is 0. The van der Waals surface area contributed by atoms with Gasteiger partial charge in [0.05, 0.1) is 0 Å². The maximum atomic E-state index is 13.5. The number of aliphatic hydroxyl groups is 2. The van der Waals surface area contributed by atoms with Crippen molar-refractivity contribution in [3.8, 4) is 0 Å². The highest BCUT2D eigenvalue weighted by molar-refractivity contribution is 6.11. The first kappa shape index (κ1) is 31.3. The van der Waals surface area contributed by atoms with Crippen LogP contribution >= 0.6 is 0 Å². The number of halogens is 12. The maximum absolute atomic E-state index is 13.5. The number of hydrogen-bond acceptors (Lipinski definition) is 4. The topological polar surface area (TPSA) is 92.5 Å². The zero-order valence-electron chi connectivity index (χ0n) is 21.4. The van der Waals surface area contributed by atoms with Gasteiger partial charge in [-0.05, 0) is 68.7 Å². The molecule has 5 aromatic carbocycles. The normalized spacial score (nSPS) is 14.3. The first-order chi connectivity index (χ1) is 19.9. The fraction of sp³-hybridized carbons (Fsp3) is 0.214. The summed E-state index contributed by atoms with van der Waals surface area (Å²) < 4.78 is 162. The van der Waals surface area contributed by atoms with Gasteiger partial charge in [-0.2, -0.15) is 52.7 Å². The molecule has 0 aliphatic carbocycles. The maximum Gasteiger partial charge on any atom is 0.430 e. The average molecular weight is 640 g/mol. The van der Waals surface area contributed by atoms with Crippen LogP contribution in [0.4, 0.5) is 64.1 Å². The van der Waals surface area contributed by atoms with Crippen LogP contribution in [0, 0.1) is 0 Å². The Kier molecular flexibility index (Phi) is 6.51. The van der Waals surface area contributed by atoms with Crippen LogP contribution in [0.3, 0.4) is 0 Å². The van der Waals surface area contributed by atoms with Crippen molar-refractivity contribution in [2.75, 3.05) is 11.5 Å². The Morgan fingerprint density at radius 3 is 0.909 bits per heavy atom. The lowest BCUT2D eigenvalue weighted by molar-refractivity contribution is -0.376. The molecule has 0 saturated carbocycles. The lowest BCUT2D eigenvalue weighted by Gasteiger charge is -2.33. The third-order valence-electron chi connectivity index (χ3n) is 7.57. The minimum Gasteiger partial charge on any atom is -0.398 e. The second-order valence-electron chi connectivity index (χ2n) is 10.2. The molecule has 0 radical (unpaired) electrons. The first-order valence-electron chi connectivity index (χ1n) is 12.1. The van der Waals surface area contributed by atoms with Crippen molar-refractivity contribution in [2.24, 2.45) is 0 Å². The summed E-state index contributed by atoms with van der Waals surface area (Å²) in [4.78, 5) is 0. The van der Waals surface area contributed by atoms with Crippen LogP contribution < -0.4 is 11.5 Å². The summed E-state index contributed by atoms with van der Waals surface area (Å²) in [5.41, 5.74) is -4.54. The second-order valence-corrected chi connectivity index (χ2v) is 10.2. The molecule has 0 aliphatic rings. The zero-order valence-corrected chi connectivity index (χ0v) is 21.4. The van der Waals surface area contributed by atoms with Crippen molar-refractivity contribution in [3.63, 3.8) is 0 Å². The predicted molar refractivity (Wildman–Crippen MR) is 137 cm³/mol. The molecule has 4 nitrogen and oxygen atoms in total. The molecular weight excluding hydrogens is 624 g/mol. The summed E-state index contributed by atoms with van der Waals surface area (Å²) in [7, 11) is 0. The molecule has 5 aromatic rings. The predicted octanol–water partition coefficient (Wildman–Crippen LogP) is 8.09. The molecule has 0 saturated heterocycles. The zero-order chi connectivity index (χ0) is 33.0. The van der Waals surface area contributed by atoms with Crippen molar-refractivity contribution in [1.29, 1.82) is 0 Å². The largest absolute Gasteiger partial charge is 0.430 e. The number of nitrogen functional groups attached to an aromatic ring is 2. The lowest BCUT2D eigenvalue weighted by atomic mass is 9.87. The van der Waals surface area contributed by atoms with E-state index in [1.54, 1.807) is 0 Å². The highest BCUT2D eigenvalue weighted by atomic mass is 19.4. The summed E-state index contributed by atoms with van der Waals surface area (Å²) in [6, 6.07) is 10.4. The van der Waals surface area contributed by atoms with Gasteiger partial charge in [0.15, 0.2) is 0 Å². The molecule has 0 unspecified atom stereocenters. The molecule has 0 aromatic heterocycles. The molecule has 0 aliphatic heterocycles. The Balaban J connectivity index is 1.77. The molecule has 0 heterocycles. The summed E-state index contributed by atoms with van der Waals surface area (Å²) in [5.74, 6) is 0. The standard InChI is InChI=1S/C28H16F12N2O2/c29-25(30,31)23(43,26(32,33)34)19-3-1-11-5-13-7-14-6-12-2-4-20(24(44,27(35,36)37)28(38,39)40)22(42)18(12)10-16(14)8-15(13)9-17(11)21(19)41/h1-10,43-44H,41-42H2. The number of fused-ring (bicyclic) bond motifs is 4. The van der Waals surface area contributed by atoms with Gasteiger partial charge in [-0.3, -0.25) is 0 Å². The van der Waals surface area contributed by atoms with Crippen LogP contribution in [0.2, 0.25) is 0 Å². The van der Waals surface area contributed by atoms with E-state index in [9.17, 15) is 62.9 Å². The van der Waals surface area contributed by atoms with Gasteiger partial charge in [0.25, 0.3) is 11.2 Å². The van der Waals surface area contributed by atoms with Crippen LogP contribution in [-0.4, -0.2) is 34.9 Å². The number of benzene rings is 5. The molecule has 0 atom stereocenters. The van der Waals surface area contributed by atoms with Gasteiger partial charge >= 0.3 is 24.7 Å². The fourth-order valence-electron chi connectivity index (χ4n) is 5.26. The van der Waals surface area contributed by atoms with Gasteiger partial charge in [-0.15, -0.1) is 0 Å². The quantitative estimate of drug-likeness (QED) is 0.0892. The SMILES string of the molecule is Nc1c(C(O)(C(F)(F)F)C(F)(F)F)ccc2cc3cc4cc5ccc(C(O)(C(F)(F)F)C(F)(F)F)c(N)c5cc4cc3cc12. The molecular formula is C28H16F12N2O2. The van der Waals surface area contributed by atoms with E-state index < -0.39 is 58.4 Å². The van der Waals surface area contributed by atoms with Gasteiger partial charge in [-0.1, -0.05) is 24.3 Å². The summed E-state index contributed by atoms with van der Waals surface area (Å²) in [6.45, 7) is 0. The van der Waals surface area contributed by atoms with Gasteiger partial charge in [0, 0.05) is 33.3 Å². The van der Waals surface area contributed by atoms with Crippen LogP contribution in [-0.2, 0) is 11.2 Å². The van der Waals surface area contributed by atoms with E-state index in [2.05, 4.69) is 0 Å². The third-order valence-corrected chi connectivity index (χ3v) is 7.57. The Hall–Kier alpha value is -4.18. The molecule has 44 heavy (non-hydrogen) atoms. The minimum atomic E-state index is -6.20. The lowest BCUT2D eigenvalue weighted by Crippen LogP contribution is -2.54. The molecule has 0 amide bonds. The van der Waals surface area contributed by atoms with Crippen molar-refractivity contribution < 1.29 is 62.9 Å².